The van der Waals surface area contributed by atoms with Crippen molar-refractivity contribution in [3.8, 4) is 11.5 Å². The quantitative estimate of drug-likeness (QED) is 0.847. The second kappa shape index (κ2) is 6.28. The van der Waals surface area contributed by atoms with Crippen molar-refractivity contribution < 1.29 is 14.3 Å². The Morgan fingerprint density at radius 1 is 1.17 bits per heavy atom. The minimum Gasteiger partial charge on any atom is -0.486 e. The molecule has 5 nitrogen and oxygen atoms in total. The molecule has 1 N–H and O–H groups in total. The van der Waals surface area contributed by atoms with Crippen molar-refractivity contribution in [3.05, 3.63) is 28.7 Å². The van der Waals surface area contributed by atoms with Crippen molar-refractivity contribution >= 4 is 28.9 Å². The number of amidine groups is 1. The first-order valence-corrected chi connectivity index (χ1v) is 8.78. The highest BCUT2D eigenvalue weighted by atomic mass is 32.2. The standard InChI is InChI=1S/C17H18N2O3S/c20-16-15(23-17(19-16)18-12-3-1-2-4-12)10-11-5-6-13-14(9-11)22-8-7-21-13/h5-6,9-10,12H,1-4,7-8H2,(H,18,19,20)/b15-10-. The first-order valence-electron chi connectivity index (χ1n) is 7.96. The fourth-order valence-electron chi connectivity index (χ4n) is 2.99. The summed E-state index contributed by atoms with van der Waals surface area (Å²) in [5.41, 5.74) is 0.925. The molecule has 1 aromatic carbocycles. The monoisotopic (exact) mass is 330 g/mol. The van der Waals surface area contributed by atoms with Crippen molar-refractivity contribution in [2.75, 3.05) is 13.2 Å². The summed E-state index contributed by atoms with van der Waals surface area (Å²) in [5, 5.41) is 3.59. The third-order valence-electron chi connectivity index (χ3n) is 4.14. The van der Waals surface area contributed by atoms with E-state index < -0.39 is 0 Å². The minimum atomic E-state index is -0.0818. The van der Waals surface area contributed by atoms with Gasteiger partial charge in [-0.2, -0.15) is 0 Å². The van der Waals surface area contributed by atoms with Crippen LogP contribution >= 0.6 is 11.8 Å². The Kier molecular flexibility index (Phi) is 3.99. The molecule has 2 fully saturated rings. The SMILES string of the molecule is O=C1NC(=NC2CCCC2)S/C1=C\c1ccc2c(c1)OCCO2. The summed E-state index contributed by atoms with van der Waals surface area (Å²) in [6, 6.07) is 6.08. The second-order valence-electron chi connectivity index (χ2n) is 5.84. The molecular formula is C17H18N2O3S. The Labute approximate surface area is 139 Å². The van der Waals surface area contributed by atoms with E-state index in [1.54, 1.807) is 0 Å². The van der Waals surface area contributed by atoms with Gasteiger partial charge in [-0.3, -0.25) is 9.79 Å². The predicted octanol–water partition coefficient (Wildman–Crippen LogP) is 2.96. The lowest BCUT2D eigenvalue weighted by atomic mass is 10.2. The topological polar surface area (TPSA) is 59.9 Å². The van der Waals surface area contributed by atoms with Gasteiger partial charge in [-0.1, -0.05) is 18.9 Å². The number of aliphatic imine (C=N–C) groups is 1. The number of hydrogen-bond acceptors (Lipinski definition) is 5. The molecule has 0 aromatic heterocycles. The molecule has 120 valence electrons. The van der Waals surface area contributed by atoms with E-state index in [-0.39, 0.29) is 5.91 Å². The van der Waals surface area contributed by atoms with Crippen LogP contribution < -0.4 is 14.8 Å². The molecular weight excluding hydrogens is 312 g/mol. The normalized spacial score (nSPS) is 24.4. The smallest absolute Gasteiger partial charge is 0.264 e. The summed E-state index contributed by atoms with van der Waals surface area (Å²) in [6.07, 6.45) is 6.59. The van der Waals surface area contributed by atoms with Gasteiger partial charge in [-0.25, -0.2) is 0 Å². The van der Waals surface area contributed by atoms with Gasteiger partial charge >= 0.3 is 0 Å². The van der Waals surface area contributed by atoms with Crippen LogP contribution in [0, 0.1) is 0 Å². The highest BCUT2D eigenvalue weighted by molar-refractivity contribution is 8.18. The van der Waals surface area contributed by atoms with Crippen LogP contribution in [0.4, 0.5) is 0 Å². The van der Waals surface area contributed by atoms with Crippen LogP contribution in [0.15, 0.2) is 28.1 Å². The molecule has 4 rings (SSSR count). The predicted molar refractivity (Wildman–Crippen MR) is 90.8 cm³/mol. The first kappa shape index (κ1) is 14.6. The Hall–Kier alpha value is -1.95. The summed E-state index contributed by atoms with van der Waals surface area (Å²) in [5.74, 6) is 1.40. The fourth-order valence-corrected chi connectivity index (χ4v) is 3.88. The fraction of sp³-hybridized carbons (Fsp3) is 0.412. The Morgan fingerprint density at radius 3 is 2.78 bits per heavy atom. The van der Waals surface area contributed by atoms with Gasteiger partial charge in [-0.15, -0.1) is 0 Å². The number of thioether (sulfide) groups is 1. The molecule has 1 saturated carbocycles. The van der Waals surface area contributed by atoms with Crippen molar-refractivity contribution in [2.24, 2.45) is 4.99 Å². The molecule has 0 spiro atoms. The van der Waals surface area contributed by atoms with Crippen molar-refractivity contribution in [3.63, 3.8) is 0 Å². The van der Waals surface area contributed by atoms with E-state index in [0.29, 0.717) is 24.2 Å². The zero-order valence-electron chi connectivity index (χ0n) is 12.7. The first-order chi connectivity index (χ1) is 11.3. The largest absolute Gasteiger partial charge is 0.486 e. The van der Waals surface area contributed by atoms with E-state index >= 15 is 0 Å². The number of benzene rings is 1. The van der Waals surface area contributed by atoms with Crippen LogP contribution in [0.5, 0.6) is 11.5 Å². The molecule has 0 radical (unpaired) electrons. The van der Waals surface area contributed by atoms with Crippen molar-refractivity contribution in [1.29, 1.82) is 0 Å². The Bertz CT molecular complexity index is 693. The molecule has 1 aliphatic carbocycles. The summed E-state index contributed by atoms with van der Waals surface area (Å²) in [4.78, 5) is 17.4. The van der Waals surface area contributed by atoms with Gasteiger partial charge in [0.25, 0.3) is 5.91 Å². The molecule has 0 bridgehead atoms. The number of nitrogens with one attached hydrogen (secondary N) is 1. The Balaban J connectivity index is 1.53. The zero-order chi connectivity index (χ0) is 15.6. The third-order valence-corrected chi connectivity index (χ3v) is 5.06. The molecule has 3 aliphatic rings. The van der Waals surface area contributed by atoms with Crippen molar-refractivity contribution in [1.82, 2.24) is 5.32 Å². The number of rotatable bonds is 2. The average Bonchev–Trinajstić information content (AvgIpc) is 3.18. The number of fused-ring (bicyclic) bond motifs is 1. The molecule has 1 aromatic rings. The van der Waals surface area contributed by atoms with Gasteiger partial charge in [0.05, 0.1) is 10.9 Å². The number of amides is 1. The van der Waals surface area contributed by atoms with Crippen LogP contribution in [-0.4, -0.2) is 30.3 Å². The molecule has 0 atom stereocenters. The third kappa shape index (κ3) is 3.22. The minimum absolute atomic E-state index is 0.0818. The molecule has 23 heavy (non-hydrogen) atoms. The number of carbonyl (C=O) groups excluding carboxylic acids is 1. The maximum absolute atomic E-state index is 12.1. The van der Waals surface area contributed by atoms with Gasteiger partial charge in [0.15, 0.2) is 16.7 Å². The van der Waals surface area contributed by atoms with E-state index in [1.807, 2.05) is 24.3 Å². The van der Waals surface area contributed by atoms with E-state index in [0.717, 1.165) is 35.1 Å². The van der Waals surface area contributed by atoms with E-state index in [2.05, 4.69) is 10.3 Å². The van der Waals surface area contributed by atoms with Gasteiger partial charge < -0.3 is 14.8 Å². The summed E-state index contributed by atoms with van der Waals surface area (Å²) in [7, 11) is 0. The average molecular weight is 330 g/mol. The zero-order valence-corrected chi connectivity index (χ0v) is 13.5. The van der Waals surface area contributed by atoms with Crippen LogP contribution in [0.25, 0.3) is 6.08 Å². The lowest BCUT2D eigenvalue weighted by molar-refractivity contribution is -0.115. The number of hydrogen-bond donors (Lipinski definition) is 1. The number of nitrogens with zero attached hydrogens (tertiary/aromatic N) is 1. The Morgan fingerprint density at radius 2 is 1.96 bits per heavy atom. The summed E-state index contributed by atoms with van der Waals surface area (Å²) in [6.45, 7) is 1.13. The molecule has 2 aliphatic heterocycles. The van der Waals surface area contributed by atoms with E-state index in [4.69, 9.17) is 9.47 Å². The van der Waals surface area contributed by atoms with E-state index in [9.17, 15) is 4.79 Å². The van der Waals surface area contributed by atoms with Crippen molar-refractivity contribution in [2.45, 2.75) is 31.7 Å². The lowest BCUT2D eigenvalue weighted by Crippen LogP contribution is -2.21. The number of ether oxygens (including phenoxy) is 2. The molecule has 0 unspecified atom stereocenters. The van der Waals surface area contributed by atoms with Crippen LogP contribution in [0.3, 0.4) is 0 Å². The summed E-state index contributed by atoms with van der Waals surface area (Å²) >= 11 is 1.42. The molecule has 1 saturated heterocycles. The van der Waals surface area contributed by atoms with Crippen LogP contribution in [0.1, 0.15) is 31.2 Å². The van der Waals surface area contributed by atoms with Gasteiger partial charge in [0, 0.05) is 0 Å². The number of carbonyl (C=O) groups is 1. The second-order valence-corrected chi connectivity index (χ2v) is 6.87. The summed E-state index contributed by atoms with van der Waals surface area (Å²) < 4.78 is 11.1. The highest BCUT2D eigenvalue weighted by Gasteiger charge is 2.25. The highest BCUT2D eigenvalue weighted by Crippen LogP contribution is 2.33. The van der Waals surface area contributed by atoms with Crippen LogP contribution in [-0.2, 0) is 4.79 Å². The van der Waals surface area contributed by atoms with Gasteiger partial charge in [-0.05, 0) is 48.4 Å². The maximum Gasteiger partial charge on any atom is 0.264 e. The van der Waals surface area contributed by atoms with Gasteiger partial charge in [0.1, 0.15) is 13.2 Å². The lowest BCUT2D eigenvalue weighted by Gasteiger charge is -2.18. The van der Waals surface area contributed by atoms with Crippen LogP contribution in [0.2, 0.25) is 0 Å². The maximum atomic E-state index is 12.1. The molecule has 2 heterocycles. The molecule has 1 amide bonds. The molecule has 6 heteroatoms. The van der Waals surface area contributed by atoms with E-state index in [1.165, 1.54) is 24.6 Å². The van der Waals surface area contributed by atoms with Gasteiger partial charge in [0.2, 0.25) is 0 Å².